The van der Waals surface area contributed by atoms with Crippen LogP contribution >= 0.6 is 0 Å². The van der Waals surface area contributed by atoms with E-state index in [4.69, 9.17) is 4.42 Å². The summed E-state index contributed by atoms with van der Waals surface area (Å²) in [5, 5.41) is 2.93. The van der Waals surface area contributed by atoms with Crippen molar-refractivity contribution in [3.05, 3.63) is 78.0 Å². The topological polar surface area (TPSA) is 70.7 Å². The highest BCUT2D eigenvalue weighted by Gasteiger charge is 2.25. The molecule has 0 saturated carbocycles. The number of anilines is 1. The maximum Gasteiger partial charge on any atom is 0.322 e. The highest BCUT2D eigenvalue weighted by atomic mass is 16.3. The molecule has 2 heterocycles. The van der Waals surface area contributed by atoms with Crippen LogP contribution in [0.15, 0.2) is 65.4 Å². The molecule has 0 spiro atoms. The zero-order valence-electron chi connectivity index (χ0n) is 20.1. The Morgan fingerprint density at radius 2 is 1.73 bits per heavy atom. The van der Waals surface area contributed by atoms with Crippen LogP contribution in [0, 0.1) is 0 Å². The molecule has 0 bridgehead atoms. The minimum atomic E-state index is -0.299. The van der Waals surface area contributed by atoms with Crippen molar-refractivity contribution in [3.63, 3.8) is 0 Å². The van der Waals surface area contributed by atoms with E-state index in [0.29, 0.717) is 30.5 Å². The molecule has 0 radical (unpaired) electrons. The Balaban J connectivity index is 1.72. The summed E-state index contributed by atoms with van der Waals surface area (Å²) in [6, 6.07) is 14.9. The fourth-order valence-electron chi connectivity index (χ4n) is 3.56. The number of carbonyl (C=O) groups is 2. The quantitative estimate of drug-likeness (QED) is 0.486. The number of urea groups is 1. The molecule has 0 saturated heterocycles. The highest BCUT2D eigenvalue weighted by Crippen LogP contribution is 2.18. The summed E-state index contributed by atoms with van der Waals surface area (Å²) in [7, 11) is 1.95. The number of furan rings is 1. The van der Waals surface area contributed by atoms with Crippen molar-refractivity contribution in [2.45, 2.75) is 52.7 Å². The van der Waals surface area contributed by atoms with Gasteiger partial charge in [-0.1, -0.05) is 26.0 Å². The normalized spacial score (nSPS) is 11.1. The molecule has 0 atom stereocenters. The van der Waals surface area contributed by atoms with Crippen LogP contribution in [0.25, 0.3) is 0 Å². The number of nitrogens with one attached hydrogen (secondary N) is 1. The van der Waals surface area contributed by atoms with Crippen LogP contribution in [-0.4, -0.2) is 38.9 Å². The van der Waals surface area contributed by atoms with Crippen molar-refractivity contribution in [3.8, 4) is 0 Å². The zero-order chi connectivity index (χ0) is 24.0. The molecular formula is C26H34N4O3. The second kappa shape index (κ2) is 10.9. The van der Waals surface area contributed by atoms with Gasteiger partial charge in [0, 0.05) is 30.7 Å². The third-order valence-electron chi connectivity index (χ3n) is 5.70. The van der Waals surface area contributed by atoms with E-state index >= 15 is 0 Å². The Hall–Kier alpha value is -3.48. The van der Waals surface area contributed by atoms with Crippen LogP contribution in [0.2, 0.25) is 0 Å². The van der Waals surface area contributed by atoms with Crippen molar-refractivity contribution >= 4 is 17.6 Å². The van der Waals surface area contributed by atoms with Crippen molar-refractivity contribution in [1.29, 1.82) is 0 Å². The molecule has 3 aromatic rings. The summed E-state index contributed by atoms with van der Waals surface area (Å²) in [4.78, 5) is 29.7. The van der Waals surface area contributed by atoms with E-state index in [2.05, 4.69) is 19.2 Å². The molecular weight excluding hydrogens is 416 g/mol. The van der Waals surface area contributed by atoms with Crippen molar-refractivity contribution in [1.82, 2.24) is 14.4 Å². The number of hydrogen-bond donors (Lipinski definition) is 1. The summed E-state index contributed by atoms with van der Waals surface area (Å²) < 4.78 is 7.46. The number of hydrogen-bond acceptors (Lipinski definition) is 3. The molecule has 3 rings (SSSR count). The minimum Gasteiger partial charge on any atom is -0.467 e. The van der Waals surface area contributed by atoms with Gasteiger partial charge in [0.1, 0.15) is 12.3 Å². The number of aryl methyl sites for hydroxylation is 1. The molecule has 176 valence electrons. The standard InChI is InChI=1S/C26H34N4O3/c1-19(2)21-10-12-22(13-11-21)27-26(32)30(20(3)4)18-25(31)29(17-24-9-7-15-33-24)16-23-8-6-14-28(23)5/h6-15,19-20H,16-18H2,1-5H3,(H,27,32). The van der Waals surface area contributed by atoms with Crippen molar-refractivity contribution in [2.75, 3.05) is 11.9 Å². The maximum absolute atomic E-state index is 13.4. The van der Waals surface area contributed by atoms with Crippen molar-refractivity contribution < 1.29 is 14.0 Å². The molecule has 1 N–H and O–H groups in total. The summed E-state index contributed by atoms with van der Waals surface area (Å²) in [5.41, 5.74) is 2.91. The summed E-state index contributed by atoms with van der Waals surface area (Å²) in [6.07, 6.45) is 3.54. The molecule has 0 aliphatic heterocycles. The van der Waals surface area contributed by atoms with E-state index in [-0.39, 0.29) is 24.5 Å². The van der Waals surface area contributed by atoms with Gasteiger partial charge >= 0.3 is 6.03 Å². The lowest BCUT2D eigenvalue weighted by atomic mass is 10.0. The second-order valence-electron chi connectivity index (χ2n) is 8.87. The zero-order valence-corrected chi connectivity index (χ0v) is 20.1. The van der Waals surface area contributed by atoms with Crippen LogP contribution in [0.4, 0.5) is 10.5 Å². The van der Waals surface area contributed by atoms with Gasteiger partial charge in [-0.15, -0.1) is 0 Å². The Morgan fingerprint density at radius 1 is 1.00 bits per heavy atom. The van der Waals surface area contributed by atoms with E-state index in [9.17, 15) is 9.59 Å². The summed E-state index contributed by atoms with van der Waals surface area (Å²) in [6.45, 7) is 8.80. The highest BCUT2D eigenvalue weighted by molar-refractivity contribution is 5.92. The lowest BCUT2D eigenvalue weighted by Gasteiger charge is -2.30. The Bertz CT molecular complexity index is 1040. The van der Waals surface area contributed by atoms with Gasteiger partial charge in [-0.2, -0.15) is 0 Å². The predicted molar refractivity (Wildman–Crippen MR) is 130 cm³/mol. The van der Waals surface area contributed by atoms with Gasteiger partial charge in [0.15, 0.2) is 0 Å². The van der Waals surface area contributed by atoms with Crippen LogP contribution in [0.1, 0.15) is 50.6 Å². The van der Waals surface area contributed by atoms with E-state index in [1.165, 1.54) is 5.56 Å². The smallest absolute Gasteiger partial charge is 0.322 e. The molecule has 3 amide bonds. The molecule has 1 aromatic carbocycles. The van der Waals surface area contributed by atoms with Crippen LogP contribution in [0.5, 0.6) is 0 Å². The first-order chi connectivity index (χ1) is 15.7. The first kappa shape index (κ1) is 24.2. The van der Waals surface area contributed by atoms with Gasteiger partial charge in [-0.3, -0.25) is 4.79 Å². The molecule has 2 aromatic heterocycles. The fourth-order valence-corrected chi connectivity index (χ4v) is 3.56. The number of nitrogens with zero attached hydrogens (tertiary/aromatic N) is 3. The first-order valence-corrected chi connectivity index (χ1v) is 11.3. The Kier molecular flexibility index (Phi) is 7.98. The van der Waals surface area contributed by atoms with Gasteiger partial charge in [-0.25, -0.2) is 4.79 Å². The summed E-state index contributed by atoms with van der Waals surface area (Å²) in [5.74, 6) is 0.971. The molecule has 7 heteroatoms. The lowest BCUT2D eigenvalue weighted by molar-refractivity contribution is -0.133. The van der Waals surface area contributed by atoms with E-state index < -0.39 is 0 Å². The molecule has 0 unspecified atom stereocenters. The van der Waals surface area contributed by atoms with Gasteiger partial charge in [0.2, 0.25) is 5.91 Å². The molecule has 0 aliphatic carbocycles. The van der Waals surface area contributed by atoms with Gasteiger partial charge in [0.05, 0.1) is 19.4 Å². The predicted octanol–water partition coefficient (Wildman–Crippen LogP) is 5.21. The molecule has 0 fully saturated rings. The largest absolute Gasteiger partial charge is 0.467 e. The molecule has 7 nitrogen and oxygen atoms in total. The minimum absolute atomic E-state index is 0.0291. The number of carbonyl (C=O) groups excluding carboxylic acids is 2. The van der Waals surface area contributed by atoms with Crippen LogP contribution in [0.3, 0.4) is 0 Å². The third-order valence-corrected chi connectivity index (χ3v) is 5.70. The molecule has 33 heavy (non-hydrogen) atoms. The van der Waals surface area contributed by atoms with Gasteiger partial charge < -0.3 is 24.1 Å². The van der Waals surface area contributed by atoms with E-state index in [1.54, 1.807) is 22.1 Å². The first-order valence-electron chi connectivity index (χ1n) is 11.3. The van der Waals surface area contributed by atoms with Gasteiger partial charge in [0.25, 0.3) is 0 Å². The summed E-state index contributed by atoms with van der Waals surface area (Å²) >= 11 is 0. The molecule has 0 aliphatic rings. The fraction of sp³-hybridized carbons (Fsp3) is 0.385. The maximum atomic E-state index is 13.4. The SMILES string of the molecule is CC(C)c1ccc(NC(=O)N(CC(=O)N(Cc2ccco2)Cc2cccn2C)C(C)C)cc1. The number of benzene rings is 1. The Labute approximate surface area is 196 Å². The average Bonchev–Trinajstić information content (AvgIpc) is 3.43. The van der Waals surface area contributed by atoms with E-state index in [1.807, 2.05) is 74.1 Å². The van der Waals surface area contributed by atoms with Crippen molar-refractivity contribution in [2.24, 2.45) is 7.05 Å². The Morgan fingerprint density at radius 3 is 2.27 bits per heavy atom. The average molecular weight is 451 g/mol. The third kappa shape index (κ3) is 6.51. The van der Waals surface area contributed by atoms with Gasteiger partial charge in [-0.05, 0) is 61.7 Å². The number of rotatable bonds is 9. The number of aromatic nitrogens is 1. The lowest BCUT2D eigenvalue weighted by Crippen LogP contribution is -2.47. The van der Waals surface area contributed by atoms with Crippen LogP contribution < -0.4 is 5.32 Å². The monoisotopic (exact) mass is 450 g/mol. The van der Waals surface area contributed by atoms with E-state index in [0.717, 1.165) is 5.69 Å². The number of amides is 3. The van der Waals surface area contributed by atoms with Crippen LogP contribution in [-0.2, 0) is 24.9 Å². The second-order valence-corrected chi connectivity index (χ2v) is 8.87.